The van der Waals surface area contributed by atoms with Gasteiger partial charge in [-0.3, -0.25) is 9.78 Å². The highest BCUT2D eigenvalue weighted by molar-refractivity contribution is 5.86. The van der Waals surface area contributed by atoms with Crippen molar-refractivity contribution in [2.45, 2.75) is 25.7 Å². The van der Waals surface area contributed by atoms with Crippen molar-refractivity contribution in [3.63, 3.8) is 0 Å². The predicted octanol–water partition coefficient (Wildman–Crippen LogP) is 3.27. The number of ether oxygens (including phenoxy) is 2. The molecule has 0 amide bonds. The molecule has 0 atom stereocenters. The number of pyridine rings is 1. The highest BCUT2D eigenvalue weighted by Crippen LogP contribution is 2.27. The summed E-state index contributed by atoms with van der Waals surface area (Å²) in [7, 11) is 1.63. The zero-order chi connectivity index (χ0) is 15.1. The first-order chi connectivity index (χ1) is 10.2. The van der Waals surface area contributed by atoms with Gasteiger partial charge in [-0.05, 0) is 43.5 Å². The number of hydrogen-bond acceptors (Lipinski definition) is 4. The fraction of sp³-hybridized carbons (Fsp3) is 0.375. The van der Waals surface area contributed by atoms with Gasteiger partial charge in [0.1, 0.15) is 11.5 Å². The van der Waals surface area contributed by atoms with E-state index in [2.05, 4.69) is 4.98 Å². The van der Waals surface area contributed by atoms with Crippen molar-refractivity contribution in [2.24, 2.45) is 0 Å². The third-order valence-electron chi connectivity index (χ3n) is 3.20. The molecule has 21 heavy (non-hydrogen) atoms. The number of carboxylic acids is 1. The van der Waals surface area contributed by atoms with E-state index < -0.39 is 5.97 Å². The van der Waals surface area contributed by atoms with Crippen LogP contribution in [0.1, 0.15) is 25.7 Å². The second kappa shape index (κ2) is 7.47. The second-order valence-electron chi connectivity index (χ2n) is 4.75. The van der Waals surface area contributed by atoms with E-state index in [1.807, 2.05) is 24.3 Å². The average Bonchev–Trinajstić information content (AvgIpc) is 2.50. The molecule has 2 aromatic rings. The Labute approximate surface area is 123 Å². The summed E-state index contributed by atoms with van der Waals surface area (Å²) in [5.41, 5.74) is 0.860. The van der Waals surface area contributed by atoms with Gasteiger partial charge in [0.15, 0.2) is 0 Å². The standard InChI is InChI=1S/C16H19NO4/c1-20-12-6-7-14-13(11-12)15(8-9-17-14)21-10-4-2-3-5-16(18)19/h6-9,11H,2-5,10H2,1H3,(H,18,19). The number of hydrogen-bond donors (Lipinski definition) is 1. The van der Waals surface area contributed by atoms with Crippen molar-refractivity contribution in [1.29, 1.82) is 0 Å². The minimum Gasteiger partial charge on any atom is -0.497 e. The highest BCUT2D eigenvalue weighted by Gasteiger charge is 2.05. The van der Waals surface area contributed by atoms with Crippen LogP contribution in [0.3, 0.4) is 0 Å². The molecule has 0 aliphatic rings. The molecule has 0 saturated heterocycles. The number of aromatic nitrogens is 1. The van der Waals surface area contributed by atoms with Crippen molar-refractivity contribution < 1.29 is 19.4 Å². The van der Waals surface area contributed by atoms with Gasteiger partial charge in [-0.2, -0.15) is 0 Å². The number of methoxy groups -OCH3 is 1. The molecule has 1 N–H and O–H groups in total. The van der Waals surface area contributed by atoms with Crippen LogP contribution >= 0.6 is 0 Å². The largest absolute Gasteiger partial charge is 0.497 e. The van der Waals surface area contributed by atoms with Gasteiger partial charge in [-0.25, -0.2) is 0 Å². The highest BCUT2D eigenvalue weighted by atomic mass is 16.5. The molecule has 0 fully saturated rings. The van der Waals surface area contributed by atoms with E-state index in [9.17, 15) is 4.79 Å². The Morgan fingerprint density at radius 1 is 1.24 bits per heavy atom. The Morgan fingerprint density at radius 2 is 2.10 bits per heavy atom. The number of fused-ring (bicyclic) bond motifs is 1. The first kappa shape index (κ1) is 15.1. The van der Waals surface area contributed by atoms with Gasteiger partial charge in [-0.1, -0.05) is 0 Å². The summed E-state index contributed by atoms with van der Waals surface area (Å²) >= 11 is 0. The van der Waals surface area contributed by atoms with Crippen LogP contribution in [-0.2, 0) is 4.79 Å². The van der Waals surface area contributed by atoms with Crippen LogP contribution in [-0.4, -0.2) is 29.8 Å². The van der Waals surface area contributed by atoms with Gasteiger partial charge in [0.2, 0.25) is 0 Å². The molecular formula is C16H19NO4. The van der Waals surface area contributed by atoms with Gasteiger partial charge >= 0.3 is 5.97 Å². The number of unbranched alkanes of at least 4 members (excludes halogenated alkanes) is 2. The number of aliphatic carboxylic acids is 1. The van der Waals surface area contributed by atoms with Crippen molar-refractivity contribution >= 4 is 16.9 Å². The summed E-state index contributed by atoms with van der Waals surface area (Å²) in [6.45, 7) is 0.565. The van der Waals surface area contributed by atoms with Gasteiger partial charge in [-0.15, -0.1) is 0 Å². The van der Waals surface area contributed by atoms with Crippen LogP contribution in [0.4, 0.5) is 0 Å². The Bertz CT molecular complexity index is 612. The maximum absolute atomic E-state index is 10.4. The first-order valence-electron chi connectivity index (χ1n) is 6.98. The predicted molar refractivity (Wildman–Crippen MR) is 79.9 cm³/mol. The minimum atomic E-state index is -0.747. The van der Waals surface area contributed by atoms with Crippen LogP contribution in [0.15, 0.2) is 30.5 Å². The molecule has 0 aliphatic carbocycles. The molecule has 1 heterocycles. The lowest BCUT2D eigenvalue weighted by Gasteiger charge is -2.09. The number of nitrogens with zero attached hydrogens (tertiary/aromatic N) is 1. The van der Waals surface area contributed by atoms with Crippen LogP contribution in [0.25, 0.3) is 10.9 Å². The first-order valence-corrected chi connectivity index (χ1v) is 6.98. The average molecular weight is 289 g/mol. The Hall–Kier alpha value is -2.30. The summed E-state index contributed by atoms with van der Waals surface area (Å²) < 4.78 is 11.0. The van der Waals surface area contributed by atoms with E-state index in [-0.39, 0.29) is 6.42 Å². The summed E-state index contributed by atoms with van der Waals surface area (Å²) in [4.78, 5) is 14.7. The summed E-state index contributed by atoms with van der Waals surface area (Å²) in [5.74, 6) is 0.794. The van der Waals surface area contributed by atoms with Crippen LogP contribution < -0.4 is 9.47 Å². The minimum absolute atomic E-state index is 0.218. The molecule has 5 nitrogen and oxygen atoms in total. The number of carbonyl (C=O) groups is 1. The molecule has 1 aromatic heterocycles. The maximum atomic E-state index is 10.4. The second-order valence-corrected chi connectivity index (χ2v) is 4.75. The molecule has 112 valence electrons. The molecule has 0 saturated carbocycles. The SMILES string of the molecule is COc1ccc2nccc(OCCCCCC(=O)O)c2c1. The fourth-order valence-electron chi connectivity index (χ4n) is 2.09. The molecule has 0 spiro atoms. The summed E-state index contributed by atoms with van der Waals surface area (Å²) in [6, 6.07) is 7.50. The van der Waals surface area contributed by atoms with E-state index in [0.717, 1.165) is 35.2 Å². The summed E-state index contributed by atoms with van der Waals surface area (Å²) in [6.07, 6.45) is 4.30. The van der Waals surface area contributed by atoms with Crippen molar-refractivity contribution in [2.75, 3.05) is 13.7 Å². The molecule has 2 rings (SSSR count). The van der Waals surface area contributed by atoms with Crippen LogP contribution in [0, 0.1) is 0 Å². The van der Waals surface area contributed by atoms with Crippen molar-refractivity contribution in [1.82, 2.24) is 4.98 Å². The normalized spacial score (nSPS) is 10.5. The van der Waals surface area contributed by atoms with Crippen molar-refractivity contribution in [3.8, 4) is 11.5 Å². The molecule has 0 aliphatic heterocycles. The van der Waals surface area contributed by atoms with Gasteiger partial charge in [0, 0.05) is 18.0 Å². The van der Waals surface area contributed by atoms with E-state index in [0.29, 0.717) is 13.0 Å². The fourth-order valence-corrected chi connectivity index (χ4v) is 2.09. The number of benzene rings is 1. The molecule has 5 heteroatoms. The zero-order valence-corrected chi connectivity index (χ0v) is 12.0. The molecule has 1 aromatic carbocycles. The number of rotatable bonds is 8. The van der Waals surface area contributed by atoms with E-state index in [1.54, 1.807) is 13.3 Å². The molecule has 0 bridgehead atoms. The van der Waals surface area contributed by atoms with Crippen LogP contribution in [0.2, 0.25) is 0 Å². The maximum Gasteiger partial charge on any atom is 0.303 e. The van der Waals surface area contributed by atoms with Crippen LogP contribution in [0.5, 0.6) is 11.5 Å². The number of carboxylic acid groups (broad SMARTS) is 1. The molecule has 0 unspecified atom stereocenters. The Balaban J connectivity index is 1.93. The van der Waals surface area contributed by atoms with E-state index in [4.69, 9.17) is 14.6 Å². The lowest BCUT2D eigenvalue weighted by atomic mass is 10.2. The van der Waals surface area contributed by atoms with Gasteiger partial charge in [0.05, 0.1) is 19.2 Å². The van der Waals surface area contributed by atoms with E-state index >= 15 is 0 Å². The molecular weight excluding hydrogens is 270 g/mol. The Morgan fingerprint density at radius 3 is 2.86 bits per heavy atom. The van der Waals surface area contributed by atoms with E-state index in [1.165, 1.54) is 0 Å². The van der Waals surface area contributed by atoms with Gasteiger partial charge < -0.3 is 14.6 Å². The van der Waals surface area contributed by atoms with Gasteiger partial charge in [0.25, 0.3) is 0 Å². The lowest BCUT2D eigenvalue weighted by Crippen LogP contribution is -2.00. The smallest absolute Gasteiger partial charge is 0.303 e. The topological polar surface area (TPSA) is 68.7 Å². The zero-order valence-electron chi connectivity index (χ0n) is 12.0. The monoisotopic (exact) mass is 289 g/mol. The lowest BCUT2D eigenvalue weighted by molar-refractivity contribution is -0.137. The summed E-state index contributed by atoms with van der Waals surface area (Å²) in [5, 5.41) is 9.48. The third kappa shape index (κ3) is 4.34. The quantitative estimate of drug-likeness (QED) is 0.755. The van der Waals surface area contributed by atoms with Crippen molar-refractivity contribution in [3.05, 3.63) is 30.5 Å². The third-order valence-corrected chi connectivity index (χ3v) is 3.20. The molecule has 0 radical (unpaired) electrons. The Kier molecular flexibility index (Phi) is 5.37.